The van der Waals surface area contributed by atoms with E-state index in [1.165, 1.54) is 31.2 Å². The van der Waals surface area contributed by atoms with Gasteiger partial charge in [0, 0.05) is 24.9 Å². The summed E-state index contributed by atoms with van der Waals surface area (Å²) in [6.45, 7) is 4.59. The second-order valence-corrected chi connectivity index (χ2v) is 9.05. The number of para-hydroxylation sites is 1. The minimum Gasteiger partial charge on any atom is -0.317 e. The van der Waals surface area contributed by atoms with E-state index >= 15 is 0 Å². The van der Waals surface area contributed by atoms with Crippen LogP contribution in [-0.2, 0) is 16.6 Å². The van der Waals surface area contributed by atoms with Crippen LogP contribution in [-0.4, -0.2) is 58.7 Å². The summed E-state index contributed by atoms with van der Waals surface area (Å²) in [6, 6.07) is 7.16. The largest absolute Gasteiger partial charge is 0.317 e. The van der Waals surface area contributed by atoms with E-state index in [1.807, 2.05) is 11.7 Å². The number of aryl methyl sites for hydroxylation is 1. The van der Waals surface area contributed by atoms with E-state index in [0.29, 0.717) is 18.8 Å². The number of amides is 2. The maximum atomic E-state index is 12.4. The normalized spacial score (nSPS) is 25.0. The summed E-state index contributed by atoms with van der Waals surface area (Å²) in [5, 5.41) is 11.8. The molecule has 0 spiro atoms. The summed E-state index contributed by atoms with van der Waals surface area (Å²) < 4.78 is 1.95. The topological polar surface area (TPSA) is 79.3 Å². The molecule has 160 valence electrons. The number of hydrogen-bond acceptors (Lipinski definition) is 5. The van der Waals surface area contributed by atoms with Gasteiger partial charge in [0.15, 0.2) is 0 Å². The Morgan fingerprint density at radius 2 is 1.80 bits per heavy atom. The average molecular weight is 410 g/mol. The molecule has 0 saturated carbocycles. The van der Waals surface area contributed by atoms with Crippen molar-refractivity contribution in [3.63, 3.8) is 0 Å². The number of likely N-dealkylation sites (tertiary alicyclic amines) is 1. The maximum Gasteiger partial charge on any atom is 0.235 e. The summed E-state index contributed by atoms with van der Waals surface area (Å²) in [6.07, 6.45) is 5.78. The van der Waals surface area contributed by atoms with Gasteiger partial charge in [-0.2, -0.15) is 5.10 Å². The second-order valence-electron chi connectivity index (χ2n) is 9.05. The van der Waals surface area contributed by atoms with E-state index in [1.54, 1.807) is 0 Å². The first-order valence-corrected chi connectivity index (χ1v) is 11.4. The Morgan fingerprint density at radius 1 is 1.03 bits per heavy atom. The highest BCUT2D eigenvalue weighted by atomic mass is 16.2. The Kier molecular flexibility index (Phi) is 5.33. The highest BCUT2D eigenvalue weighted by Crippen LogP contribution is 2.37. The fraction of sp³-hybridized carbons (Fsp3) is 0.609. The summed E-state index contributed by atoms with van der Waals surface area (Å²) >= 11 is 0. The van der Waals surface area contributed by atoms with Gasteiger partial charge in [-0.1, -0.05) is 18.2 Å². The molecule has 2 aromatic rings. The van der Waals surface area contributed by atoms with Crippen LogP contribution >= 0.6 is 0 Å². The molecule has 1 aromatic carbocycles. The van der Waals surface area contributed by atoms with Gasteiger partial charge < -0.3 is 10.2 Å². The van der Waals surface area contributed by atoms with Gasteiger partial charge in [0.1, 0.15) is 0 Å². The fourth-order valence-corrected chi connectivity index (χ4v) is 5.68. The molecule has 3 fully saturated rings. The first kappa shape index (κ1) is 19.7. The van der Waals surface area contributed by atoms with Crippen LogP contribution in [0.15, 0.2) is 18.2 Å². The number of benzene rings is 1. The lowest BCUT2D eigenvalue weighted by molar-refractivity contribution is -0.134. The quantitative estimate of drug-likeness (QED) is 0.759. The number of imide groups is 1. The zero-order chi connectivity index (χ0) is 20.7. The number of carbonyl (C=O) groups excluding carboxylic acids is 2. The molecule has 0 bridgehead atoms. The van der Waals surface area contributed by atoms with Crippen LogP contribution in [0.1, 0.15) is 61.6 Å². The minimum atomic E-state index is -0.344. The number of piperidine rings is 3. The highest BCUT2D eigenvalue weighted by Gasteiger charge is 2.33. The molecule has 5 rings (SSSR count). The van der Waals surface area contributed by atoms with E-state index in [2.05, 4.69) is 33.7 Å². The Balaban J connectivity index is 1.39. The molecule has 3 saturated heterocycles. The molecule has 2 N–H and O–H groups in total. The lowest BCUT2D eigenvalue weighted by atomic mass is 9.86. The van der Waals surface area contributed by atoms with Gasteiger partial charge in [0.2, 0.25) is 11.8 Å². The van der Waals surface area contributed by atoms with Crippen LogP contribution < -0.4 is 10.6 Å². The first-order valence-electron chi connectivity index (χ1n) is 11.4. The summed E-state index contributed by atoms with van der Waals surface area (Å²) in [4.78, 5) is 26.7. The van der Waals surface area contributed by atoms with Crippen molar-refractivity contribution in [3.8, 4) is 0 Å². The van der Waals surface area contributed by atoms with Gasteiger partial charge in [-0.3, -0.25) is 19.6 Å². The van der Waals surface area contributed by atoms with E-state index in [0.717, 1.165) is 48.8 Å². The molecule has 3 aliphatic rings. The molecule has 2 amide bonds. The molecule has 4 heterocycles. The van der Waals surface area contributed by atoms with Crippen molar-refractivity contribution in [1.29, 1.82) is 0 Å². The Labute approximate surface area is 177 Å². The standard InChI is InChI=1S/C23H31N5O2/c1-27-22-17(15-9-13-28(14-10-15)16-7-11-24-12-8-16)3-2-4-18(22)21(26-27)19-5-6-20(29)25-23(19)30/h2-4,15-16,19,24H,5-14H2,1H3,(H,25,29,30). The maximum absolute atomic E-state index is 12.4. The van der Waals surface area contributed by atoms with E-state index in [-0.39, 0.29) is 17.7 Å². The molecule has 1 unspecified atom stereocenters. The van der Waals surface area contributed by atoms with Crippen molar-refractivity contribution >= 4 is 22.7 Å². The van der Waals surface area contributed by atoms with Crippen molar-refractivity contribution < 1.29 is 9.59 Å². The molecule has 1 aromatic heterocycles. The zero-order valence-electron chi connectivity index (χ0n) is 17.7. The third-order valence-corrected chi connectivity index (χ3v) is 7.29. The second kappa shape index (κ2) is 8.12. The summed E-state index contributed by atoms with van der Waals surface area (Å²) in [7, 11) is 1.98. The van der Waals surface area contributed by atoms with Crippen molar-refractivity contribution in [2.45, 2.75) is 56.4 Å². The molecule has 0 aliphatic carbocycles. The van der Waals surface area contributed by atoms with E-state index < -0.39 is 0 Å². The number of rotatable bonds is 3. The Hall–Kier alpha value is -2.25. The lowest BCUT2D eigenvalue weighted by Crippen LogP contribution is -2.46. The molecular formula is C23H31N5O2. The van der Waals surface area contributed by atoms with Crippen molar-refractivity contribution in [1.82, 2.24) is 25.3 Å². The minimum absolute atomic E-state index is 0.183. The predicted octanol–water partition coefficient (Wildman–Crippen LogP) is 2.02. The Bertz CT molecular complexity index is 954. The molecule has 0 radical (unpaired) electrons. The van der Waals surface area contributed by atoms with Gasteiger partial charge in [-0.25, -0.2) is 0 Å². The number of carbonyl (C=O) groups is 2. The monoisotopic (exact) mass is 409 g/mol. The first-order chi connectivity index (χ1) is 14.6. The molecule has 1 atom stereocenters. The van der Waals surface area contributed by atoms with Crippen molar-refractivity contribution in [2.75, 3.05) is 26.2 Å². The number of nitrogens with one attached hydrogen (secondary N) is 2. The van der Waals surface area contributed by atoms with Gasteiger partial charge in [0.05, 0.1) is 17.1 Å². The van der Waals surface area contributed by atoms with Gasteiger partial charge in [-0.05, 0) is 69.8 Å². The predicted molar refractivity (Wildman–Crippen MR) is 115 cm³/mol. The number of aromatic nitrogens is 2. The average Bonchev–Trinajstić information content (AvgIpc) is 3.11. The fourth-order valence-electron chi connectivity index (χ4n) is 5.68. The third-order valence-electron chi connectivity index (χ3n) is 7.29. The lowest BCUT2D eigenvalue weighted by Gasteiger charge is -2.39. The van der Waals surface area contributed by atoms with Crippen LogP contribution in [0.25, 0.3) is 10.9 Å². The van der Waals surface area contributed by atoms with Crippen LogP contribution in [0, 0.1) is 0 Å². The zero-order valence-corrected chi connectivity index (χ0v) is 17.7. The van der Waals surface area contributed by atoms with Crippen molar-refractivity contribution in [3.05, 3.63) is 29.5 Å². The summed E-state index contributed by atoms with van der Waals surface area (Å²) in [5.74, 6) is -0.218. The smallest absolute Gasteiger partial charge is 0.235 e. The number of hydrogen-bond donors (Lipinski definition) is 2. The van der Waals surface area contributed by atoms with Crippen molar-refractivity contribution in [2.24, 2.45) is 7.05 Å². The summed E-state index contributed by atoms with van der Waals surface area (Å²) in [5.41, 5.74) is 3.31. The highest BCUT2D eigenvalue weighted by molar-refractivity contribution is 6.02. The van der Waals surface area contributed by atoms with Crippen LogP contribution in [0.2, 0.25) is 0 Å². The van der Waals surface area contributed by atoms with Gasteiger partial charge in [-0.15, -0.1) is 0 Å². The Morgan fingerprint density at radius 3 is 2.53 bits per heavy atom. The third kappa shape index (κ3) is 3.54. The van der Waals surface area contributed by atoms with E-state index in [9.17, 15) is 9.59 Å². The van der Waals surface area contributed by atoms with Crippen LogP contribution in [0.5, 0.6) is 0 Å². The number of nitrogens with zero attached hydrogens (tertiary/aromatic N) is 3. The molecule has 30 heavy (non-hydrogen) atoms. The van der Waals surface area contributed by atoms with Crippen LogP contribution in [0.3, 0.4) is 0 Å². The van der Waals surface area contributed by atoms with E-state index in [4.69, 9.17) is 5.10 Å². The molecule has 7 nitrogen and oxygen atoms in total. The SMILES string of the molecule is Cn1nc(C2CCC(=O)NC2=O)c2cccc(C3CCN(C4CCNCC4)CC3)c21. The van der Waals surface area contributed by atoms with Gasteiger partial charge >= 0.3 is 0 Å². The molecule has 7 heteroatoms. The molecular weight excluding hydrogens is 378 g/mol. The number of fused-ring (bicyclic) bond motifs is 1. The van der Waals surface area contributed by atoms with Gasteiger partial charge in [0.25, 0.3) is 0 Å². The van der Waals surface area contributed by atoms with Crippen LogP contribution in [0.4, 0.5) is 0 Å². The molecule has 3 aliphatic heterocycles.